The number of ether oxygens (including phenoxy) is 2. The molecule has 0 radical (unpaired) electrons. The summed E-state index contributed by atoms with van der Waals surface area (Å²) in [6.45, 7) is 9.92. The Morgan fingerprint density at radius 2 is 2.04 bits per heavy atom. The molecule has 1 aliphatic carbocycles. The molecular weight excluding hydrogens is 304 g/mol. The molecule has 0 amide bonds. The van der Waals surface area contributed by atoms with Crippen LogP contribution in [-0.4, -0.2) is 34.5 Å². The van der Waals surface area contributed by atoms with Crippen molar-refractivity contribution in [1.82, 2.24) is 0 Å². The van der Waals surface area contributed by atoms with Crippen LogP contribution >= 0.6 is 0 Å². The van der Waals surface area contributed by atoms with Crippen LogP contribution in [0.2, 0.25) is 0 Å². The lowest BCUT2D eigenvalue weighted by Gasteiger charge is -2.20. The molecule has 5 atom stereocenters. The minimum Gasteiger partial charge on any atom is -0.454 e. The molecule has 4 heteroatoms. The summed E-state index contributed by atoms with van der Waals surface area (Å²) < 4.78 is 11.4. The molecule has 0 aromatic carbocycles. The first kappa shape index (κ1) is 17.4. The molecular formula is C20H28O4. The summed E-state index contributed by atoms with van der Waals surface area (Å²) in [5, 5.41) is 10.5. The van der Waals surface area contributed by atoms with Gasteiger partial charge in [-0.3, -0.25) is 0 Å². The SMILES string of the molecule is C=C1C(=O)OC2/C=C(\C)C/C=C/C(C)(O)CCC3OC3(C)CCC12. The fourth-order valence-corrected chi connectivity index (χ4v) is 3.79. The van der Waals surface area contributed by atoms with Gasteiger partial charge in [-0.05, 0) is 59.0 Å². The van der Waals surface area contributed by atoms with Crippen LogP contribution in [0.1, 0.15) is 52.9 Å². The molecule has 132 valence electrons. The molecule has 5 unspecified atom stereocenters. The maximum Gasteiger partial charge on any atom is 0.334 e. The third-order valence-corrected chi connectivity index (χ3v) is 5.61. The molecule has 2 heterocycles. The highest BCUT2D eigenvalue weighted by atomic mass is 16.6. The molecule has 3 rings (SSSR count). The summed E-state index contributed by atoms with van der Waals surface area (Å²) >= 11 is 0. The number of carbonyl (C=O) groups is 1. The Balaban J connectivity index is 1.82. The third-order valence-electron chi connectivity index (χ3n) is 5.61. The van der Waals surface area contributed by atoms with Crippen LogP contribution < -0.4 is 0 Å². The van der Waals surface area contributed by atoms with Gasteiger partial charge in [-0.1, -0.05) is 24.3 Å². The topological polar surface area (TPSA) is 59.1 Å². The fraction of sp³-hybridized carbons (Fsp3) is 0.650. The highest BCUT2D eigenvalue weighted by Gasteiger charge is 2.52. The van der Waals surface area contributed by atoms with Crippen molar-refractivity contribution in [3.05, 3.63) is 36.0 Å². The van der Waals surface area contributed by atoms with Crippen molar-refractivity contribution in [3.8, 4) is 0 Å². The van der Waals surface area contributed by atoms with Crippen molar-refractivity contribution in [3.63, 3.8) is 0 Å². The van der Waals surface area contributed by atoms with Crippen molar-refractivity contribution in [2.45, 2.75) is 76.3 Å². The van der Waals surface area contributed by atoms with Gasteiger partial charge in [0.2, 0.25) is 0 Å². The maximum atomic E-state index is 11.9. The zero-order chi connectivity index (χ0) is 17.5. The first-order valence-corrected chi connectivity index (χ1v) is 8.85. The molecule has 3 aliphatic rings. The van der Waals surface area contributed by atoms with Crippen LogP contribution in [0.5, 0.6) is 0 Å². The number of carbonyl (C=O) groups excluding carboxylic acids is 1. The standard InChI is InChI=1S/C20H28O4/c1-13-6-5-9-19(3,22)10-8-17-20(4,24-17)11-7-15-14(2)18(21)23-16(15)12-13/h5,9,12,15-17,22H,2,6-8,10-11H2,1,3-4H3/b9-5+,13-12+. The van der Waals surface area contributed by atoms with Crippen molar-refractivity contribution in [1.29, 1.82) is 0 Å². The van der Waals surface area contributed by atoms with E-state index < -0.39 is 5.60 Å². The Labute approximate surface area is 144 Å². The smallest absolute Gasteiger partial charge is 0.334 e. The van der Waals surface area contributed by atoms with Gasteiger partial charge in [0.05, 0.1) is 17.3 Å². The average molecular weight is 332 g/mol. The molecule has 0 saturated carbocycles. The summed E-state index contributed by atoms with van der Waals surface area (Å²) in [5.41, 5.74) is 0.742. The normalized spacial score (nSPS) is 46.8. The second-order valence-electron chi connectivity index (χ2n) is 7.97. The van der Waals surface area contributed by atoms with Crippen LogP contribution in [0.3, 0.4) is 0 Å². The van der Waals surface area contributed by atoms with E-state index in [1.807, 2.05) is 32.1 Å². The van der Waals surface area contributed by atoms with E-state index in [0.717, 1.165) is 31.3 Å². The Morgan fingerprint density at radius 1 is 1.29 bits per heavy atom. The lowest BCUT2D eigenvalue weighted by molar-refractivity contribution is -0.137. The van der Waals surface area contributed by atoms with Gasteiger partial charge in [-0.15, -0.1) is 0 Å². The van der Waals surface area contributed by atoms with Gasteiger partial charge in [0.25, 0.3) is 0 Å². The van der Waals surface area contributed by atoms with E-state index in [-0.39, 0.29) is 29.7 Å². The molecule has 2 fully saturated rings. The van der Waals surface area contributed by atoms with E-state index in [4.69, 9.17) is 9.47 Å². The maximum absolute atomic E-state index is 11.9. The number of aliphatic hydroxyl groups is 1. The van der Waals surface area contributed by atoms with Crippen molar-refractivity contribution < 1.29 is 19.4 Å². The van der Waals surface area contributed by atoms with Gasteiger partial charge in [0.15, 0.2) is 0 Å². The number of esters is 1. The zero-order valence-electron chi connectivity index (χ0n) is 14.9. The predicted octanol–water partition coefficient (Wildman–Crippen LogP) is 3.46. The highest BCUT2D eigenvalue weighted by molar-refractivity contribution is 5.91. The van der Waals surface area contributed by atoms with Crippen LogP contribution in [0, 0.1) is 5.92 Å². The molecule has 2 saturated heterocycles. The molecule has 0 spiro atoms. The zero-order valence-corrected chi connectivity index (χ0v) is 14.9. The van der Waals surface area contributed by atoms with Gasteiger partial charge >= 0.3 is 5.97 Å². The quantitative estimate of drug-likeness (QED) is 0.319. The molecule has 1 N–H and O–H groups in total. The van der Waals surface area contributed by atoms with Gasteiger partial charge in [0.1, 0.15) is 6.10 Å². The fourth-order valence-electron chi connectivity index (χ4n) is 3.79. The summed E-state index contributed by atoms with van der Waals surface area (Å²) in [6, 6.07) is 0. The van der Waals surface area contributed by atoms with Crippen LogP contribution in [0.25, 0.3) is 0 Å². The molecule has 0 aromatic rings. The van der Waals surface area contributed by atoms with Gasteiger partial charge in [-0.25, -0.2) is 4.79 Å². The summed E-state index contributed by atoms with van der Waals surface area (Å²) in [5.74, 6) is -0.251. The molecule has 0 bridgehead atoms. The van der Waals surface area contributed by atoms with Crippen molar-refractivity contribution in [2.75, 3.05) is 0 Å². The lowest BCUT2D eigenvalue weighted by Crippen LogP contribution is -2.23. The van der Waals surface area contributed by atoms with Gasteiger partial charge in [-0.2, -0.15) is 0 Å². The largest absolute Gasteiger partial charge is 0.454 e. The summed E-state index contributed by atoms with van der Waals surface area (Å²) in [6.07, 6.45) is 9.81. The van der Waals surface area contributed by atoms with E-state index in [0.29, 0.717) is 12.0 Å². The number of hydrogen-bond donors (Lipinski definition) is 1. The molecule has 24 heavy (non-hydrogen) atoms. The van der Waals surface area contributed by atoms with E-state index in [2.05, 4.69) is 13.5 Å². The Bertz CT molecular complexity index is 601. The number of allylic oxidation sites excluding steroid dienone is 2. The van der Waals surface area contributed by atoms with E-state index in [1.165, 1.54) is 0 Å². The number of hydrogen-bond acceptors (Lipinski definition) is 4. The summed E-state index contributed by atoms with van der Waals surface area (Å²) in [7, 11) is 0. The van der Waals surface area contributed by atoms with Gasteiger partial charge in [0, 0.05) is 11.5 Å². The van der Waals surface area contributed by atoms with Crippen LogP contribution in [0.4, 0.5) is 0 Å². The number of fused-ring (bicyclic) bond motifs is 2. The minimum atomic E-state index is -0.812. The Kier molecular flexibility index (Phi) is 4.47. The number of rotatable bonds is 0. The Morgan fingerprint density at radius 3 is 2.79 bits per heavy atom. The summed E-state index contributed by atoms with van der Waals surface area (Å²) in [4.78, 5) is 11.9. The third kappa shape index (κ3) is 3.65. The molecule has 4 nitrogen and oxygen atoms in total. The second-order valence-corrected chi connectivity index (χ2v) is 7.97. The number of epoxide rings is 1. The first-order valence-electron chi connectivity index (χ1n) is 8.85. The second kappa shape index (κ2) is 6.16. The Hall–Kier alpha value is -1.39. The van der Waals surface area contributed by atoms with Crippen LogP contribution in [-0.2, 0) is 14.3 Å². The predicted molar refractivity (Wildman–Crippen MR) is 92.4 cm³/mol. The minimum absolute atomic E-state index is 0.0316. The monoisotopic (exact) mass is 332 g/mol. The molecule has 0 aromatic heterocycles. The van der Waals surface area contributed by atoms with Gasteiger partial charge < -0.3 is 14.6 Å². The highest BCUT2D eigenvalue weighted by Crippen LogP contribution is 2.46. The van der Waals surface area contributed by atoms with Crippen molar-refractivity contribution >= 4 is 5.97 Å². The molecule has 2 aliphatic heterocycles. The van der Waals surface area contributed by atoms with Crippen LogP contribution in [0.15, 0.2) is 36.0 Å². The average Bonchev–Trinajstić information content (AvgIpc) is 3.06. The van der Waals surface area contributed by atoms with Crippen molar-refractivity contribution in [2.24, 2.45) is 5.92 Å². The van der Waals surface area contributed by atoms with E-state index in [9.17, 15) is 9.90 Å². The lowest BCUT2D eigenvalue weighted by atomic mass is 9.85. The van der Waals surface area contributed by atoms with E-state index in [1.54, 1.807) is 0 Å². The first-order chi connectivity index (χ1) is 11.2. The van der Waals surface area contributed by atoms with E-state index >= 15 is 0 Å².